The van der Waals surface area contributed by atoms with Crippen LogP contribution in [-0.4, -0.2) is 24.6 Å². The largest absolute Gasteiger partial charge is 4.00 e. The Kier molecular flexibility index (Phi) is 20.8. The summed E-state index contributed by atoms with van der Waals surface area (Å²) >= 11 is 0. The molecule has 10 nitrogen and oxygen atoms in total. The molecule has 0 saturated heterocycles. The summed E-state index contributed by atoms with van der Waals surface area (Å²) in [6.07, 6.45) is 10.5. The second-order valence-electron chi connectivity index (χ2n) is 3.39. The van der Waals surface area contributed by atoms with E-state index < -0.39 is 24.6 Å². The van der Waals surface area contributed by atoms with E-state index in [1.54, 1.807) is 0 Å². The zero-order chi connectivity index (χ0) is 18.8. The van der Waals surface area contributed by atoms with Gasteiger partial charge in [0.25, 0.3) is 24.6 Å². The van der Waals surface area contributed by atoms with Crippen LogP contribution < -0.4 is 20.4 Å². The first-order chi connectivity index (χ1) is 11.3. The van der Waals surface area contributed by atoms with Crippen molar-refractivity contribution in [2.24, 2.45) is 0 Å². The summed E-state index contributed by atoms with van der Waals surface area (Å²) in [4.78, 5) is 36.2. The Hall–Kier alpha value is -2.85. The molecule has 0 aliphatic heterocycles. The first-order valence-electron chi connectivity index (χ1n) is 6.08. The predicted octanol–water partition coefficient (Wildman–Crippen LogP) is -1.62. The second-order valence-corrected chi connectivity index (χ2v) is 3.39. The molecule has 2 rings (SSSR count). The van der Waals surface area contributed by atoms with Gasteiger partial charge in [0.05, 0.1) is 0 Å². The minimum absolute atomic E-state index is 0. The van der Waals surface area contributed by atoms with Gasteiger partial charge in [-0.3, -0.25) is 0 Å². The van der Waals surface area contributed by atoms with Gasteiger partial charge in [-0.2, -0.15) is 0 Å². The van der Waals surface area contributed by atoms with Crippen LogP contribution in [0.5, 0.6) is 0 Å². The van der Waals surface area contributed by atoms with Crippen molar-refractivity contribution in [3.05, 3.63) is 48.6 Å². The molecule has 0 bridgehead atoms. The van der Waals surface area contributed by atoms with Crippen LogP contribution in [0.15, 0.2) is 48.6 Å². The van der Waals surface area contributed by atoms with Crippen molar-refractivity contribution < 1.29 is 70.8 Å². The number of hydrogen-bond donors (Lipinski definition) is 0. The third-order valence-electron chi connectivity index (χ3n) is 1.64. The quantitative estimate of drug-likeness (QED) is 0.266. The molecule has 132 valence electrons. The minimum Gasteiger partial charge on any atom is -0.483 e. The molecule has 0 radical (unpaired) electrons. The Balaban J connectivity index is -0.000000257. The Labute approximate surface area is 157 Å². The topological polar surface area (TPSA) is 179 Å². The Morgan fingerprint density at radius 2 is 0.760 bits per heavy atom. The van der Waals surface area contributed by atoms with Crippen molar-refractivity contribution in [2.45, 2.75) is 12.8 Å². The number of carbonyl (C=O) groups excluding carboxylic acids is 4. The number of rotatable bonds is 0. The van der Waals surface area contributed by atoms with Crippen molar-refractivity contribution in [1.82, 2.24) is 0 Å². The van der Waals surface area contributed by atoms with Gasteiger partial charge in [0.15, 0.2) is 0 Å². The van der Waals surface area contributed by atoms with Crippen molar-refractivity contribution in [1.29, 1.82) is 0 Å². The van der Waals surface area contributed by atoms with Crippen LogP contribution in [0.3, 0.4) is 0 Å². The van der Waals surface area contributed by atoms with Crippen LogP contribution in [0, 0.1) is 0 Å². The van der Waals surface area contributed by atoms with Gasteiger partial charge in [-0.15, -0.1) is 0 Å². The maximum absolute atomic E-state index is 9.06. The van der Waals surface area contributed by atoms with E-state index in [-0.39, 0.29) is 21.7 Å². The minimum atomic E-state index is -2.12. The molecular weight excluding hydrogens is 376 g/mol. The van der Waals surface area contributed by atoms with E-state index in [0.29, 0.717) is 0 Å². The number of carbonyl (C=O) groups is 4. The summed E-state index contributed by atoms with van der Waals surface area (Å²) in [5.74, 6) is 0. The normalized spacial score (nSPS) is 11.2. The Bertz CT molecular complexity index is 442. The molecule has 0 fully saturated rings. The molecule has 0 N–H and O–H groups in total. The number of allylic oxidation sites excluding steroid dienone is 8. The van der Waals surface area contributed by atoms with Gasteiger partial charge in [0.1, 0.15) is 0 Å². The van der Waals surface area contributed by atoms with Crippen LogP contribution in [0.25, 0.3) is 0 Å². The molecule has 0 heterocycles. The van der Waals surface area contributed by atoms with E-state index in [9.17, 15) is 0 Å². The molecule has 0 aromatic carbocycles. The van der Waals surface area contributed by atoms with Gasteiger partial charge < -0.3 is 49.1 Å². The molecule has 0 unspecified atom stereocenters. The SMILES string of the molecule is C1=CCC=C1.C1=CCC=C1.O=C([O-])OC(=O)[O-].O=C([O-])OC(=O)[O-].[Ti+4]. The molecule has 2 aliphatic carbocycles. The van der Waals surface area contributed by atoms with Crippen LogP contribution in [-0.2, 0) is 31.2 Å². The summed E-state index contributed by atoms with van der Waals surface area (Å²) in [5.41, 5.74) is 0. The fourth-order valence-electron chi connectivity index (χ4n) is 0.922. The molecule has 0 aromatic heterocycles. The molecule has 0 amide bonds. The summed E-state index contributed by atoms with van der Waals surface area (Å²) in [6, 6.07) is 0. The zero-order valence-electron chi connectivity index (χ0n) is 12.6. The zero-order valence-corrected chi connectivity index (χ0v) is 14.2. The summed E-state index contributed by atoms with van der Waals surface area (Å²) in [6.45, 7) is 0. The molecule has 0 spiro atoms. The molecule has 11 heteroatoms. The molecule has 0 aromatic rings. The van der Waals surface area contributed by atoms with E-state index in [4.69, 9.17) is 39.6 Å². The van der Waals surface area contributed by atoms with Crippen molar-refractivity contribution in [2.75, 3.05) is 0 Å². The predicted molar refractivity (Wildman–Crippen MR) is 69.5 cm³/mol. The van der Waals surface area contributed by atoms with E-state index in [2.05, 4.69) is 58.1 Å². The van der Waals surface area contributed by atoms with Crippen molar-refractivity contribution in [3.63, 3.8) is 0 Å². The van der Waals surface area contributed by atoms with Crippen LogP contribution >= 0.6 is 0 Å². The monoisotopic (exact) mass is 388 g/mol. The first kappa shape index (κ1) is 27.0. The van der Waals surface area contributed by atoms with Crippen molar-refractivity contribution in [3.8, 4) is 0 Å². The van der Waals surface area contributed by atoms with E-state index in [1.807, 2.05) is 0 Å². The third-order valence-corrected chi connectivity index (χ3v) is 1.64. The maximum atomic E-state index is 9.06. The van der Waals surface area contributed by atoms with Gasteiger partial charge in [0, 0.05) is 0 Å². The summed E-state index contributed by atoms with van der Waals surface area (Å²) in [5, 5.41) is 36.2. The fourth-order valence-corrected chi connectivity index (χ4v) is 0.922. The molecular formula is C14H12O10Ti. The number of carboxylic acid groups (broad SMARTS) is 4. The summed E-state index contributed by atoms with van der Waals surface area (Å²) < 4.78 is 5.72. The fraction of sp³-hybridized carbons (Fsp3) is 0.143. The van der Waals surface area contributed by atoms with Crippen molar-refractivity contribution >= 4 is 24.6 Å². The van der Waals surface area contributed by atoms with Gasteiger partial charge in [-0.05, 0) is 12.8 Å². The second kappa shape index (κ2) is 19.2. The van der Waals surface area contributed by atoms with Gasteiger partial charge in [-0.1, -0.05) is 48.6 Å². The molecule has 0 atom stereocenters. The number of hydrogen-bond acceptors (Lipinski definition) is 10. The van der Waals surface area contributed by atoms with E-state index in [1.165, 1.54) is 0 Å². The molecule has 0 saturated carbocycles. The number of ether oxygens (including phenoxy) is 2. The van der Waals surface area contributed by atoms with Crippen LogP contribution in [0.1, 0.15) is 12.8 Å². The van der Waals surface area contributed by atoms with Gasteiger partial charge in [0.2, 0.25) is 0 Å². The van der Waals surface area contributed by atoms with E-state index >= 15 is 0 Å². The van der Waals surface area contributed by atoms with Crippen LogP contribution in [0.4, 0.5) is 19.2 Å². The Morgan fingerprint density at radius 1 is 0.560 bits per heavy atom. The average Bonchev–Trinajstić information content (AvgIpc) is 3.16. The smallest absolute Gasteiger partial charge is 0.483 e. The standard InChI is InChI=1S/2C5H6.2C2H2O5.Ti/c2*1-2-4-5-3-1;2*3-1(4)7-2(5)6;/h2*1-4H,5H2;2*(H,3,4)(H,5,6);/q;;;;+4/p-4. The van der Waals surface area contributed by atoms with E-state index in [0.717, 1.165) is 12.8 Å². The van der Waals surface area contributed by atoms with Gasteiger partial charge >= 0.3 is 21.7 Å². The van der Waals surface area contributed by atoms with Gasteiger partial charge in [-0.25, -0.2) is 0 Å². The first-order valence-corrected chi connectivity index (χ1v) is 6.08. The summed E-state index contributed by atoms with van der Waals surface area (Å²) in [7, 11) is 0. The third kappa shape index (κ3) is 33.8. The molecule has 25 heavy (non-hydrogen) atoms. The van der Waals surface area contributed by atoms with Crippen LogP contribution in [0.2, 0.25) is 0 Å². The molecule has 2 aliphatic rings. The Morgan fingerprint density at radius 3 is 0.800 bits per heavy atom. The average molecular weight is 388 g/mol. The maximum Gasteiger partial charge on any atom is 4.00 e.